The molecule has 0 aliphatic rings. The third-order valence-corrected chi connectivity index (χ3v) is 4.12. The number of carbonyl (C=O) groups is 1. The van der Waals surface area contributed by atoms with Gasteiger partial charge in [-0.3, -0.25) is 4.79 Å². The van der Waals surface area contributed by atoms with Crippen LogP contribution in [0, 0.1) is 0 Å². The second kappa shape index (κ2) is 8.90. The predicted octanol–water partition coefficient (Wildman–Crippen LogP) is 3.98. The van der Waals surface area contributed by atoms with Crippen LogP contribution in [0.25, 0.3) is 10.8 Å². The highest BCUT2D eigenvalue weighted by molar-refractivity contribution is 5.83. The SMILES string of the molecule is CCc1ccc(OCC(=O)NCCOc2ccc3ccccc3c2)cc1. The second-order valence-electron chi connectivity index (χ2n) is 5.99. The molecule has 3 aromatic carbocycles. The number of carbonyl (C=O) groups excluding carboxylic acids is 1. The van der Waals surface area contributed by atoms with Crippen LogP contribution in [0.15, 0.2) is 66.7 Å². The van der Waals surface area contributed by atoms with Gasteiger partial charge < -0.3 is 14.8 Å². The summed E-state index contributed by atoms with van der Waals surface area (Å²) in [5, 5.41) is 5.11. The van der Waals surface area contributed by atoms with E-state index >= 15 is 0 Å². The molecule has 4 nitrogen and oxygen atoms in total. The summed E-state index contributed by atoms with van der Waals surface area (Å²) in [4.78, 5) is 11.8. The Bertz CT molecular complexity index is 859. The Hall–Kier alpha value is -3.01. The van der Waals surface area contributed by atoms with Crippen molar-refractivity contribution in [3.8, 4) is 11.5 Å². The zero-order valence-corrected chi connectivity index (χ0v) is 14.9. The largest absolute Gasteiger partial charge is 0.492 e. The van der Waals surface area contributed by atoms with Crippen molar-refractivity contribution < 1.29 is 14.3 Å². The summed E-state index contributed by atoms with van der Waals surface area (Å²) in [5.41, 5.74) is 1.24. The molecule has 0 atom stereocenters. The highest BCUT2D eigenvalue weighted by atomic mass is 16.5. The molecular formula is C22H23NO3. The highest BCUT2D eigenvalue weighted by Gasteiger charge is 2.03. The Morgan fingerprint density at radius 1 is 0.885 bits per heavy atom. The van der Waals surface area contributed by atoms with Crippen molar-refractivity contribution >= 4 is 16.7 Å². The Kier molecular flexibility index (Phi) is 6.09. The fourth-order valence-corrected chi connectivity index (χ4v) is 2.64. The van der Waals surface area contributed by atoms with Gasteiger partial charge in [0.1, 0.15) is 18.1 Å². The third kappa shape index (κ3) is 4.99. The van der Waals surface area contributed by atoms with E-state index in [4.69, 9.17) is 9.47 Å². The predicted molar refractivity (Wildman–Crippen MR) is 104 cm³/mol. The molecule has 0 aromatic heterocycles. The minimum Gasteiger partial charge on any atom is -0.492 e. The fraction of sp³-hybridized carbons (Fsp3) is 0.227. The lowest BCUT2D eigenvalue weighted by molar-refractivity contribution is -0.123. The quantitative estimate of drug-likeness (QED) is 0.626. The molecule has 0 bridgehead atoms. The lowest BCUT2D eigenvalue weighted by Gasteiger charge is -2.10. The number of benzene rings is 3. The molecule has 0 spiro atoms. The number of ether oxygens (including phenoxy) is 2. The number of rotatable bonds is 8. The van der Waals surface area contributed by atoms with Crippen LogP contribution in [0.4, 0.5) is 0 Å². The van der Waals surface area contributed by atoms with Gasteiger partial charge in [-0.2, -0.15) is 0 Å². The van der Waals surface area contributed by atoms with Gasteiger partial charge in [-0.15, -0.1) is 0 Å². The summed E-state index contributed by atoms with van der Waals surface area (Å²) in [5.74, 6) is 1.33. The summed E-state index contributed by atoms with van der Waals surface area (Å²) in [6, 6.07) is 21.9. The maximum atomic E-state index is 11.8. The first-order chi connectivity index (χ1) is 12.7. The zero-order chi connectivity index (χ0) is 18.2. The Morgan fingerprint density at radius 3 is 2.38 bits per heavy atom. The summed E-state index contributed by atoms with van der Waals surface area (Å²) in [6.45, 7) is 2.95. The Balaban J connectivity index is 1.37. The molecule has 3 aromatic rings. The van der Waals surface area contributed by atoms with Crippen molar-refractivity contribution in [1.29, 1.82) is 0 Å². The normalized spacial score (nSPS) is 10.5. The van der Waals surface area contributed by atoms with Crippen LogP contribution in [0.5, 0.6) is 11.5 Å². The van der Waals surface area contributed by atoms with Gasteiger partial charge in [0.05, 0.1) is 6.54 Å². The molecular weight excluding hydrogens is 326 g/mol. The minimum atomic E-state index is -0.160. The standard InChI is InChI=1S/C22H23NO3/c1-2-17-7-10-20(11-8-17)26-16-22(24)23-13-14-25-21-12-9-18-5-3-4-6-19(18)15-21/h3-12,15H,2,13-14,16H2,1H3,(H,23,24). The van der Waals surface area contributed by atoms with E-state index in [1.54, 1.807) is 0 Å². The smallest absolute Gasteiger partial charge is 0.258 e. The first kappa shape index (κ1) is 17.8. The summed E-state index contributed by atoms with van der Waals surface area (Å²) in [6.07, 6.45) is 0.984. The van der Waals surface area contributed by atoms with E-state index in [0.717, 1.165) is 17.6 Å². The van der Waals surface area contributed by atoms with Gasteiger partial charge in [0.2, 0.25) is 0 Å². The summed E-state index contributed by atoms with van der Waals surface area (Å²) in [7, 11) is 0. The van der Waals surface area contributed by atoms with Crippen molar-refractivity contribution in [2.75, 3.05) is 19.8 Å². The molecule has 0 heterocycles. The van der Waals surface area contributed by atoms with Gasteiger partial charge in [0, 0.05) is 0 Å². The number of hydrogen-bond acceptors (Lipinski definition) is 3. The van der Waals surface area contributed by atoms with E-state index in [2.05, 4.69) is 18.3 Å². The molecule has 1 amide bonds. The number of aryl methyl sites for hydroxylation is 1. The molecule has 0 saturated carbocycles. The van der Waals surface area contributed by atoms with E-state index in [9.17, 15) is 4.79 Å². The number of hydrogen-bond donors (Lipinski definition) is 1. The van der Waals surface area contributed by atoms with Gasteiger partial charge in [0.25, 0.3) is 5.91 Å². The molecule has 0 aliphatic carbocycles. The van der Waals surface area contributed by atoms with E-state index < -0.39 is 0 Å². The number of nitrogens with one attached hydrogen (secondary N) is 1. The molecule has 0 radical (unpaired) electrons. The topological polar surface area (TPSA) is 47.6 Å². The molecule has 3 rings (SSSR count). The molecule has 0 unspecified atom stereocenters. The molecule has 4 heteroatoms. The van der Waals surface area contributed by atoms with Crippen LogP contribution in [0.3, 0.4) is 0 Å². The van der Waals surface area contributed by atoms with E-state index in [0.29, 0.717) is 18.9 Å². The molecule has 0 saturated heterocycles. The van der Waals surface area contributed by atoms with Crippen molar-refractivity contribution in [2.45, 2.75) is 13.3 Å². The van der Waals surface area contributed by atoms with Crippen molar-refractivity contribution in [3.05, 3.63) is 72.3 Å². The van der Waals surface area contributed by atoms with Crippen LogP contribution >= 0.6 is 0 Å². The molecule has 134 valence electrons. The van der Waals surface area contributed by atoms with Crippen molar-refractivity contribution in [2.24, 2.45) is 0 Å². The average molecular weight is 349 g/mol. The summed E-state index contributed by atoms with van der Waals surface area (Å²) < 4.78 is 11.2. The zero-order valence-electron chi connectivity index (χ0n) is 14.9. The van der Waals surface area contributed by atoms with Gasteiger partial charge in [-0.25, -0.2) is 0 Å². The third-order valence-electron chi connectivity index (χ3n) is 4.12. The van der Waals surface area contributed by atoms with Crippen LogP contribution in [0.2, 0.25) is 0 Å². The van der Waals surface area contributed by atoms with Crippen LogP contribution in [-0.2, 0) is 11.2 Å². The van der Waals surface area contributed by atoms with E-state index in [1.807, 2.05) is 60.7 Å². The first-order valence-corrected chi connectivity index (χ1v) is 8.84. The fourth-order valence-electron chi connectivity index (χ4n) is 2.64. The van der Waals surface area contributed by atoms with Gasteiger partial charge in [-0.1, -0.05) is 49.4 Å². The van der Waals surface area contributed by atoms with Crippen LogP contribution < -0.4 is 14.8 Å². The lowest BCUT2D eigenvalue weighted by Crippen LogP contribution is -2.32. The summed E-state index contributed by atoms with van der Waals surface area (Å²) >= 11 is 0. The number of amides is 1. The monoisotopic (exact) mass is 349 g/mol. The first-order valence-electron chi connectivity index (χ1n) is 8.84. The maximum Gasteiger partial charge on any atom is 0.258 e. The highest BCUT2D eigenvalue weighted by Crippen LogP contribution is 2.20. The van der Waals surface area contributed by atoms with Gasteiger partial charge in [-0.05, 0) is 47.0 Å². The van der Waals surface area contributed by atoms with Crippen molar-refractivity contribution in [1.82, 2.24) is 5.32 Å². The average Bonchev–Trinajstić information content (AvgIpc) is 2.70. The van der Waals surface area contributed by atoms with Crippen molar-refractivity contribution in [3.63, 3.8) is 0 Å². The van der Waals surface area contributed by atoms with Crippen LogP contribution in [0.1, 0.15) is 12.5 Å². The van der Waals surface area contributed by atoms with Gasteiger partial charge >= 0.3 is 0 Å². The molecule has 26 heavy (non-hydrogen) atoms. The Labute approximate surface area is 153 Å². The lowest BCUT2D eigenvalue weighted by atomic mass is 10.1. The molecule has 1 N–H and O–H groups in total. The number of fused-ring (bicyclic) bond motifs is 1. The van der Waals surface area contributed by atoms with E-state index in [-0.39, 0.29) is 12.5 Å². The van der Waals surface area contributed by atoms with Gasteiger partial charge in [0.15, 0.2) is 6.61 Å². The molecule has 0 aliphatic heterocycles. The maximum absolute atomic E-state index is 11.8. The second-order valence-corrected chi connectivity index (χ2v) is 5.99. The van der Waals surface area contributed by atoms with E-state index in [1.165, 1.54) is 10.9 Å². The Morgan fingerprint density at radius 2 is 1.62 bits per heavy atom. The molecule has 0 fully saturated rings. The van der Waals surface area contributed by atoms with Crippen LogP contribution in [-0.4, -0.2) is 25.7 Å². The minimum absolute atomic E-state index is 0.00143.